The predicted molar refractivity (Wildman–Crippen MR) is 65.5 cm³/mol. The van der Waals surface area contributed by atoms with Crippen molar-refractivity contribution >= 4 is 28.3 Å². The smallest absolute Gasteiger partial charge is 0.110 e. The fourth-order valence-corrected chi connectivity index (χ4v) is 1.70. The molecule has 0 spiro atoms. The van der Waals surface area contributed by atoms with Gasteiger partial charge in [-0.15, -0.1) is 19.0 Å². The molecular weight excluding hydrogens is 263 g/mol. The third kappa shape index (κ3) is 3.78. The van der Waals surface area contributed by atoms with Crippen molar-refractivity contribution < 1.29 is 0 Å². The van der Waals surface area contributed by atoms with Crippen molar-refractivity contribution in [2.75, 3.05) is 0 Å². The molecule has 1 atom stereocenters. The molecule has 1 heterocycles. The molecule has 0 unspecified atom stereocenters. The second-order valence-corrected chi connectivity index (χ2v) is 3.90. The van der Waals surface area contributed by atoms with E-state index in [4.69, 9.17) is 5.73 Å². The topological polar surface area (TPSA) is 38.9 Å². The molecule has 0 saturated carbocycles. The first-order valence-corrected chi connectivity index (χ1v) is 4.91. The van der Waals surface area contributed by atoms with Crippen molar-refractivity contribution in [1.29, 1.82) is 0 Å². The molecule has 0 aliphatic carbocycles. The quantitative estimate of drug-likeness (QED) is 0.680. The summed E-state index contributed by atoms with van der Waals surface area (Å²) in [4.78, 5) is 4.11. The zero-order chi connectivity index (χ0) is 9.84. The maximum Gasteiger partial charge on any atom is 0.110 e. The average molecular weight is 278 g/mol. The van der Waals surface area contributed by atoms with Gasteiger partial charge >= 0.3 is 0 Å². The van der Waals surface area contributed by atoms with E-state index < -0.39 is 0 Å². The predicted octanol–water partition coefficient (Wildman–Crippen LogP) is 3.23. The molecule has 4 heteroatoms. The van der Waals surface area contributed by atoms with Gasteiger partial charge in [-0.1, -0.05) is 11.6 Å². The van der Waals surface area contributed by atoms with Gasteiger partial charge in [-0.05, 0) is 35.3 Å². The summed E-state index contributed by atoms with van der Waals surface area (Å²) in [7, 11) is 0. The van der Waals surface area contributed by atoms with Gasteiger partial charge in [-0.25, -0.2) is 4.98 Å². The third-order valence-electron chi connectivity index (χ3n) is 1.76. The molecule has 1 aromatic heterocycles. The van der Waals surface area contributed by atoms with Crippen LogP contribution in [0.5, 0.6) is 0 Å². The molecule has 78 valence electrons. The van der Waals surface area contributed by atoms with Crippen LogP contribution in [0.25, 0.3) is 0 Å². The Hall–Kier alpha value is -0.380. The molecule has 0 radical (unpaired) electrons. The lowest BCUT2D eigenvalue weighted by molar-refractivity contribution is 0.709. The van der Waals surface area contributed by atoms with Gasteiger partial charge < -0.3 is 5.73 Å². The van der Waals surface area contributed by atoms with Crippen LogP contribution in [0, 0.1) is 0 Å². The Kier molecular flexibility index (Phi) is 6.00. The molecule has 0 aromatic carbocycles. The summed E-state index contributed by atoms with van der Waals surface area (Å²) in [6.45, 7) is 5.81. The largest absolute Gasteiger partial charge is 0.324 e. The summed E-state index contributed by atoms with van der Waals surface area (Å²) in [5.41, 5.74) is 8.09. The number of pyridine rings is 1. The molecule has 1 aromatic rings. The van der Waals surface area contributed by atoms with Crippen molar-refractivity contribution in [3.05, 3.63) is 40.6 Å². The van der Waals surface area contributed by atoms with Crippen molar-refractivity contribution in [2.45, 2.75) is 19.4 Å². The van der Waals surface area contributed by atoms with Crippen LogP contribution in [-0.2, 0) is 0 Å². The van der Waals surface area contributed by atoms with Crippen LogP contribution in [0.2, 0.25) is 0 Å². The molecule has 14 heavy (non-hydrogen) atoms. The number of nitrogens with zero attached hydrogens (tertiary/aromatic N) is 1. The Morgan fingerprint density at radius 1 is 1.71 bits per heavy atom. The van der Waals surface area contributed by atoms with Crippen LogP contribution in [0.3, 0.4) is 0 Å². The van der Waals surface area contributed by atoms with Crippen LogP contribution >= 0.6 is 28.3 Å². The fraction of sp³-hybridized carbons (Fsp3) is 0.300. The highest BCUT2D eigenvalue weighted by atomic mass is 79.9. The first-order chi connectivity index (χ1) is 6.11. The molecule has 1 rings (SSSR count). The minimum Gasteiger partial charge on any atom is -0.324 e. The molecular formula is C10H14BrClN2. The highest BCUT2D eigenvalue weighted by Crippen LogP contribution is 2.23. The van der Waals surface area contributed by atoms with Crippen LogP contribution in [0.4, 0.5) is 0 Å². The van der Waals surface area contributed by atoms with Gasteiger partial charge in [0.05, 0.1) is 0 Å². The van der Waals surface area contributed by atoms with Gasteiger partial charge in [0.25, 0.3) is 0 Å². The van der Waals surface area contributed by atoms with Gasteiger partial charge in [0.1, 0.15) is 4.60 Å². The van der Waals surface area contributed by atoms with Gasteiger partial charge in [0.2, 0.25) is 0 Å². The Morgan fingerprint density at radius 3 is 2.86 bits per heavy atom. The normalized spacial score (nSPS) is 11.6. The van der Waals surface area contributed by atoms with Crippen molar-refractivity contribution in [2.24, 2.45) is 5.73 Å². The van der Waals surface area contributed by atoms with E-state index in [0.717, 1.165) is 22.2 Å². The first kappa shape index (κ1) is 13.6. The average Bonchev–Trinajstić information content (AvgIpc) is 2.03. The molecule has 0 aliphatic heterocycles. The molecule has 2 N–H and O–H groups in total. The molecule has 0 amide bonds. The molecule has 2 nitrogen and oxygen atoms in total. The Labute approximate surface area is 99.1 Å². The first-order valence-electron chi connectivity index (χ1n) is 4.11. The minimum atomic E-state index is -0.0134. The maximum atomic E-state index is 5.97. The van der Waals surface area contributed by atoms with E-state index in [9.17, 15) is 0 Å². The maximum absolute atomic E-state index is 5.97. The van der Waals surface area contributed by atoms with Gasteiger partial charge in [-0.3, -0.25) is 0 Å². The lowest BCUT2D eigenvalue weighted by Gasteiger charge is -2.12. The van der Waals surface area contributed by atoms with Crippen molar-refractivity contribution in [1.82, 2.24) is 4.98 Å². The van der Waals surface area contributed by atoms with Gasteiger partial charge in [-0.2, -0.15) is 0 Å². The van der Waals surface area contributed by atoms with E-state index >= 15 is 0 Å². The van der Waals surface area contributed by atoms with E-state index in [1.807, 2.05) is 19.1 Å². The van der Waals surface area contributed by atoms with Crippen LogP contribution in [0.1, 0.15) is 24.9 Å². The standard InChI is InChI=1S/C10H13BrN2.ClH/c1-7(2)6-9(12)8-4-3-5-13-10(8)11;/h3-5,9H,1,6,12H2,2H3;1H/t9-;/m0./s1. The number of rotatable bonds is 3. The summed E-state index contributed by atoms with van der Waals surface area (Å²) in [5.74, 6) is 0. The zero-order valence-corrected chi connectivity index (χ0v) is 10.4. The zero-order valence-electron chi connectivity index (χ0n) is 8.03. The Bertz CT molecular complexity index is 315. The SMILES string of the molecule is C=C(C)C[C@H](N)c1cccnc1Br.Cl. The number of halogens is 2. The third-order valence-corrected chi connectivity index (χ3v) is 2.42. The second kappa shape index (κ2) is 6.17. The highest BCUT2D eigenvalue weighted by Gasteiger charge is 2.09. The van der Waals surface area contributed by atoms with Crippen LogP contribution in [-0.4, -0.2) is 4.98 Å². The second-order valence-electron chi connectivity index (χ2n) is 3.15. The van der Waals surface area contributed by atoms with E-state index in [0.29, 0.717) is 0 Å². The number of nitrogens with two attached hydrogens (primary N) is 1. The summed E-state index contributed by atoms with van der Waals surface area (Å²) >= 11 is 3.37. The van der Waals surface area contributed by atoms with E-state index in [1.54, 1.807) is 6.20 Å². The summed E-state index contributed by atoms with van der Waals surface area (Å²) in [6, 6.07) is 3.85. The molecule has 0 bridgehead atoms. The summed E-state index contributed by atoms with van der Waals surface area (Å²) in [5, 5.41) is 0. The Balaban J connectivity index is 0.00000169. The van der Waals surface area contributed by atoms with E-state index in [2.05, 4.69) is 27.5 Å². The van der Waals surface area contributed by atoms with E-state index in [1.165, 1.54) is 0 Å². The number of hydrogen-bond donors (Lipinski definition) is 1. The summed E-state index contributed by atoms with van der Waals surface area (Å²) < 4.78 is 0.823. The lowest BCUT2D eigenvalue weighted by atomic mass is 10.0. The molecule has 0 aliphatic rings. The fourth-order valence-electron chi connectivity index (χ4n) is 1.16. The van der Waals surface area contributed by atoms with Gasteiger partial charge in [0, 0.05) is 17.8 Å². The monoisotopic (exact) mass is 276 g/mol. The van der Waals surface area contributed by atoms with Crippen LogP contribution in [0.15, 0.2) is 35.1 Å². The number of hydrogen-bond acceptors (Lipinski definition) is 2. The lowest BCUT2D eigenvalue weighted by Crippen LogP contribution is -2.11. The van der Waals surface area contributed by atoms with Crippen molar-refractivity contribution in [3.63, 3.8) is 0 Å². The molecule has 0 saturated heterocycles. The summed E-state index contributed by atoms with van der Waals surface area (Å²) in [6.07, 6.45) is 2.53. The van der Waals surface area contributed by atoms with E-state index in [-0.39, 0.29) is 18.4 Å². The van der Waals surface area contributed by atoms with Crippen LogP contribution < -0.4 is 5.73 Å². The highest BCUT2D eigenvalue weighted by molar-refractivity contribution is 9.10. The van der Waals surface area contributed by atoms with Crippen molar-refractivity contribution in [3.8, 4) is 0 Å². The Morgan fingerprint density at radius 2 is 2.36 bits per heavy atom. The minimum absolute atomic E-state index is 0. The number of aromatic nitrogens is 1. The molecule has 0 fully saturated rings. The van der Waals surface area contributed by atoms with Gasteiger partial charge in [0.15, 0.2) is 0 Å².